The maximum Gasteiger partial charge on any atom is 0.266 e. The Bertz CT molecular complexity index is 606. The molecule has 3 heterocycles. The fourth-order valence-electron chi connectivity index (χ4n) is 2.17. The van der Waals surface area contributed by atoms with E-state index in [2.05, 4.69) is 30.0 Å². The van der Waals surface area contributed by atoms with Gasteiger partial charge in [0.05, 0.1) is 6.54 Å². The summed E-state index contributed by atoms with van der Waals surface area (Å²) in [6.07, 6.45) is 3.44. The average Bonchev–Trinajstić information content (AvgIpc) is 2.88. The number of rotatable bonds is 2. The minimum absolute atomic E-state index is 0. The van der Waals surface area contributed by atoms with Gasteiger partial charge < -0.3 is 9.88 Å². The third-order valence-electron chi connectivity index (χ3n) is 3.32. The maximum atomic E-state index is 12.3. The number of carbonyl (C=O) groups excluding carboxylic acids is 1. The van der Waals surface area contributed by atoms with E-state index in [0.717, 1.165) is 5.56 Å². The quantitative estimate of drug-likeness (QED) is 0.782. The van der Waals surface area contributed by atoms with Gasteiger partial charge in [0.25, 0.3) is 5.91 Å². The van der Waals surface area contributed by atoms with E-state index in [0.29, 0.717) is 30.5 Å². The fraction of sp³-hybridized carbons (Fsp3) is 0.357. The number of amides is 1. The van der Waals surface area contributed by atoms with Crippen molar-refractivity contribution in [3.05, 3.63) is 41.9 Å². The van der Waals surface area contributed by atoms with Crippen molar-refractivity contribution in [2.24, 2.45) is 0 Å². The van der Waals surface area contributed by atoms with E-state index in [1.165, 1.54) is 0 Å². The zero-order chi connectivity index (χ0) is 13.4. The summed E-state index contributed by atoms with van der Waals surface area (Å²) in [5.74, 6) is 0.990. The predicted octanol–water partition coefficient (Wildman–Crippen LogP) is 1.86. The van der Waals surface area contributed by atoms with E-state index in [9.17, 15) is 4.79 Å². The summed E-state index contributed by atoms with van der Waals surface area (Å²) in [4.78, 5) is 18.4. The molecule has 0 bridgehead atoms. The molecule has 1 amide bonds. The van der Waals surface area contributed by atoms with Crippen LogP contribution in [-0.4, -0.2) is 27.2 Å². The first-order chi connectivity index (χ1) is 9.16. The van der Waals surface area contributed by atoms with Gasteiger partial charge in [-0.3, -0.25) is 9.48 Å². The van der Waals surface area contributed by atoms with E-state index in [1.807, 2.05) is 0 Å². The van der Waals surface area contributed by atoms with Gasteiger partial charge >= 0.3 is 0 Å². The zero-order valence-electron chi connectivity index (χ0n) is 11.6. The molecule has 0 spiro atoms. The van der Waals surface area contributed by atoms with Crippen molar-refractivity contribution in [2.75, 3.05) is 11.4 Å². The summed E-state index contributed by atoms with van der Waals surface area (Å²) >= 11 is 0. The van der Waals surface area contributed by atoms with E-state index in [1.54, 1.807) is 34.1 Å². The molecule has 1 aliphatic heterocycles. The normalized spacial score (nSPS) is 14.2. The standard InChI is InChI=1S/C14H15N4O.Y/c1-10(2)11-3-4-13(15-9-11)17-7-8-18-12(14(17)19)5-6-16-18;/h4-6,9-10H,7-8H2,1-2H3;/q-1;. The van der Waals surface area contributed by atoms with Crippen LogP contribution < -0.4 is 4.90 Å². The molecule has 6 heteroatoms. The van der Waals surface area contributed by atoms with E-state index in [4.69, 9.17) is 0 Å². The molecule has 0 saturated heterocycles. The van der Waals surface area contributed by atoms with Crippen LogP contribution in [0.2, 0.25) is 0 Å². The van der Waals surface area contributed by atoms with Gasteiger partial charge in [0.2, 0.25) is 0 Å². The Labute approximate surface area is 143 Å². The third kappa shape index (κ3) is 2.70. The topological polar surface area (TPSA) is 51.0 Å². The van der Waals surface area contributed by atoms with Crippen LogP contribution >= 0.6 is 0 Å². The third-order valence-corrected chi connectivity index (χ3v) is 3.32. The molecule has 2 aromatic rings. The number of hydrogen-bond donors (Lipinski definition) is 0. The summed E-state index contributed by atoms with van der Waals surface area (Å²) in [6, 6.07) is 6.72. The molecular formula is C14H15N4OY-. The molecule has 0 aromatic carbocycles. The smallest absolute Gasteiger partial charge is 0.266 e. The number of anilines is 1. The van der Waals surface area contributed by atoms with E-state index in [-0.39, 0.29) is 38.6 Å². The van der Waals surface area contributed by atoms with Gasteiger partial charge in [-0.25, -0.2) is 0 Å². The molecule has 1 aliphatic rings. The van der Waals surface area contributed by atoms with E-state index >= 15 is 0 Å². The first-order valence-corrected chi connectivity index (χ1v) is 6.38. The Morgan fingerprint density at radius 3 is 2.80 bits per heavy atom. The van der Waals surface area contributed by atoms with Crippen LogP contribution in [0.5, 0.6) is 0 Å². The molecule has 2 aromatic heterocycles. The number of fused-ring (bicyclic) bond motifs is 1. The Morgan fingerprint density at radius 2 is 2.15 bits per heavy atom. The predicted molar refractivity (Wildman–Crippen MR) is 71.1 cm³/mol. The summed E-state index contributed by atoms with van der Waals surface area (Å²) in [7, 11) is 0. The average molecular weight is 344 g/mol. The van der Waals surface area contributed by atoms with Crippen molar-refractivity contribution < 1.29 is 37.5 Å². The number of nitrogens with zero attached hydrogens (tertiary/aromatic N) is 4. The second-order valence-corrected chi connectivity index (χ2v) is 4.91. The molecule has 1 radical (unpaired) electrons. The van der Waals surface area contributed by atoms with Crippen molar-refractivity contribution in [1.82, 2.24) is 14.8 Å². The van der Waals surface area contributed by atoms with Crippen LogP contribution in [-0.2, 0) is 39.3 Å². The van der Waals surface area contributed by atoms with Gasteiger partial charge in [-0.15, -0.1) is 11.6 Å². The molecule has 0 aliphatic carbocycles. The minimum Gasteiger partial charge on any atom is -0.367 e. The van der Waals surface area contributed by atoms with Crippen molar-refractivity contribution >= 4 is 11.7 Å². The fourth-order valence-corrected chi connectivity index (χ4v) is 2.17. The van der Waals surface area contributed by atoms with Gasteiger partial charge in [0.1, 0.15) is 5.69 Å². The first-order valence-electron chi connectivity index (χ1n) is 6.38. The van der Waals surface area contributed by atoms with Crippen molar-refractivity contribution in [3.63, 3.8) is 0 Å². The molecule has 0 fully saturated rings. The molecule has 3 rings (SSSR count). The summed E-state index contributed by atoms with van der Waals surface area (Å²) in [6.45, 7) is 5.48. The maximum absolute atomic E-state index is 12.3. The largest absolute Gasteiger partial charge is 0.367 e. The van der Waals surface area contributed by atoms with Gasteiger partial charge in [-0.1, -0.05) is 20.0 Å². The summed E-state index contributed by atoms with van der Waals surface area (Å²) < 4.78 is 1.73. The van der Waals surface area contributed by atoms with Crippen molar-refractivity contribution in [3.8, 4) is 0 Å². The van der Waals surface area contributed by atoms with Crippen LogP contribution in [0.15, 0.2) is 24.5 Å². The Kier molecular flexibility index (Phi) is 4.71. The van der Waals surface area contributed by atoms with Gasteiger partial charge in [0.15, 0.2) is 0 Å². The molecule has 20 heavy (non-hydrogen) atoms. The second-order valence-electron chi connectivity index (χ2n) is 4.91. The van der Waals surface area contributed by atoms with E-state index < -0.39 is 0 Å². The number of pyridine rings is 1. The van der Waals surface area contributed by atoms with Crippen molar-refractivity contribution in [2.45, 2.75) is 26.3 Å². The Hall–Kier alpha value is -1.07. The van der Waals surface area contributed by atoms with Crippen LogP contribution in [0, 0.1) is 6.07 Å². The second kappa shape index (κ2) is 6.14. The van der Waals surface area contributed by atoms with Crippen molar-refractivity contribution in [1.29, 1.82) is 0 Å². The van der Waals surface area contributed by atoms with Crippen LogP contribution in [0.1, 0.15) is 35.8 Å². The monoisotopic (exact) mass is 344 g/mol. The van der Waals surface area contributed by atoms with Crippen LogP contribution in [0.3, 0.4) is 0 Å². The number of aromatic nitrogens is 3. The molecule has 5 nitrogen and oxygen atoms in total. The number of carbonyl (C=O) groups is 1. The minimum atomic E-state index is -0.0538. The first kappa shape index (κ1) is 15.3. The van der Waals surface area contributed by atoms with Crippen LogP contribution in [0.4, 0.5) is 5.82 Å². The molecular weight excluding hydrogens is 329 g/mol. The SMILES string of the molecule is CC(C)c1[c-]cc(N2CCn3nccc3C2=O)nc1.[Y]. The van der Waals surface area contributed by atoms with Crippen LogP contribution in [0.25, 0.3) is 0 Å². The molecule has 0 saturated carbocycles. The molecule has 0 atom stereocenters. The van der Waals surface area contributed by atoms with Gasteiger partial charge in [-0.2, -0.15) is 11.2 Å². The summed E-state index contributed by atoms with van der Waals surface area (Å²) in [5, 5.41) is 4.11. The zero-order valence-corrected chi connectivity index (χ0v) is 14.4. The molecule has 0 unspecified atom stereocenters. The Balaban J connectivity index is 0.00000147. The molecule has 101 valence electrons. The Morgan fingerprint density at radius 1 is 1.35 bits per heavy atom. The summed E-state index contributed by atoms with van der Waals surface area (Å²) in [5.41, 5.74) is 1.67. The molecule has 0 N–H and O–H groups in total. The van der Waals surface area contributed by atoms with Gasteiger partial charge in [-0.05, 0) is 12.0 Å². The number of hydrogen-bond acceptors (Lipinski definition) is 3. The van der Waals surface area contributed by atoms with Gasteiger partial charge in [0, 0.05) is 51.3 Å².